The van der Waals surface area contributed by atoms with E-state index in [0.29, 0.717) is 0 Å². The van der Waals surface area contributed by atoms with Gasteiger partial charge in [-0.1, -0.05) is 49.1 Å². The van der Waals surface area contributed by atoms with E-state index in [0.717, 1.165) is 6.42 Å². The van der Waals surface area contributed by atoms with Crippen molar-refractivity contribution in [2.45, 2.75) is 51.9 Å². The third kappa shape index (κ3) is 5.61. The summed E-state index contributed by atoms with van der Waals surface area (Å²) in [6.07, 6.45) is 13.8. The highest BCUT2D eigenvalue weighted by Crippen LogP contribution is 2.10. The van der Waals surface area contributed by atoms with E-state index in [-0.39, 0.29) is 0 Å². The molecule has 0 saturated heterocycles. The van der Waals surface area contributed by atoms with E-state index in [4.69, 9.17) is 6.42 Å². The van der Waals surface area contributed by atoms with Crippen molar-refractivity contribution in [3.63, 3.8) is 0 Å². The Labute approximate surface area is 100 Å². The van der Waals surface area contributed by atoms with Gasteiger partial charge in [0.15, 0.2) is 0 Å². The second-order valence-electron chi connectivity index (χ2n) is 4.46. The Morgan fingerprint density at radius 3 is 2.25 bits per heavy atom. The Kier molecular flexibility index (Phi) is 6.42. The molecule has 0 aliphatic heterocycles. The molecule has 1 aromatic carbocycles. The van der Waals surface area contributed by atoms with Gasteiger partial charge in [-0.2, -0.15) is 0 Å². The van der Waals surface area contributed by atoms with Crippen molar-refractivity contribution < 1.29 is 0 Å². The van der Waals surface area contributed by atoms with E-state index in [1.165, 1.54) is 49.7 Å². The van der Waals surface area contributed by atoms with E-state index in [1.54, 1.807) is 0 Å². The van der Waals surface area contributed by atoms with Gasteiger partial charge in [-0.3, -0.25) is 0 Å². The molecule has 0 saturated carbocycles. The molecule has 0 N–H and O–H groups in total. The third-order valence-electron chi connectivity index (χ3n) is 2.91. The highest BCUT2D eigenvalue weighted by molar-refractivity contribution is 5.21. The van der Waals surface area contributed by atoms with Crippen LogP contribution in [0.3, 0.4) is 0 Å². The summed E-state index contributed by atoms with van der Waals surface area (Å²) in [6, 6.07) is 8.88. The summed E-state index contributed by atoms with van der Waals surface area (Å²) in [5, 5.41) is 0. The first kappa shape index (κ1) is 12.8. The van der Waals surface area contributed by atoms with Crippen LogP contribution in [0.4, 0.5) is 0 Å². The number of aryl methyl sites for hydroxylation is 2. The Balaban J connectivity index is 2.03. The lowest BCUT2D eigenvalue weighted by atomic mass is 10.0. The average Bonchev–Trinajstić information content (AvgIpc) is 2.30. The monoisotopic (exact) mass is 214 g/mol. The molecule has 16 heavy (non-hydrogen) atoms. The van der Waals surface area contributed by atoms with Crippen molar-refractivity contribution in [1.29, 1.82) is 0 Å². The fraction of sp³-hybridized carbons (Fsp3) is 0.500. The highest BCUT2D eigenvalue weighted by atomic mass is 14.0. The van der Waals surface area contributed by atoms with E-state index in [1.807, 2.05) is 0 Å². The lowest BCUT2D eigenvalue weighted by molar-refractivity contribution is 0.620. The Morgan fingerprint density at radius 1 is 0.938 bits per heavy atom. The van der Waals surface area contributed by atoms with Crippen LogP contribution in [-0.2, 0) is 6.42 Å². The molecule has 86 valence electrons. The summed E-state index contributed by atoms with van der Waals surface area (Å²) in [6.45, 7) is 2.13. The van der Waals surface area contributed by atoms with E-state index >= 15 is 0 Å². The Bertz CT molecular complexity index is 313. The number of unbranched alkanes of at least 4 members (excludes halogenated alkanes) is 5. The van der Waals surface area contributed by atoms with Gasteiger partial charge in [-0.25, -0.2) is 0 Å². The van der Waals surface area contributed by atoms with Crippen molar-refractivity contribution in [2.24, 2.45) is 0 Å². The second kappa shape index (κ2) is 7.99. The topological polar surface area (TPSA) is 0 Å². The number of rotatable bonds is 7. The number of terminal acetylenes is 1. The predicted molar refractivity (Wildman–Crippen MR) is 71.4 cm³/mol. The molecular weight excluding hydrogens is 192 g/mol. The van der Waals surface area contributed by atoms with Crippen LogP contribution in [0.2, 0.25) is 0 Å². The molecule has 0 heterocycles. The standard InChI is InChI=1S/C16H22/c1-3-4-5-6-7-8-9-10-16-13-11-15(2)12-14-16/h1,11-14H,4-10H2,2H3. The molecule has 0 aliphatic carbocycles. The summed E-state index contributed by atoms with van der Waals surface area (Å²) in [5.41, 5.74) is 2.81. The van der Waals surface area contributed by atoms with Crippen LogP contribution in [0.1, 0.15) is 49.7 Å². The molecule has 0 nitrogen and oxygen atoms in total. The largest absolute Gasteiger partial charge is 0.120 e. The van der Waals surface area contributed by atoms with Gasteiger partial charge in [0, 0.05) is 6.42 Å². The van der Waals surface area contributed by atoms with Crippen LogP contribution in [0, 0.1) is 19.3 Å². The first-order valence-corrected chi connectivity index (χ1v) is 6.32. The van der Waals surface area contributed by atoms with Gasteiger partial charge in [-0.05, 0) is 31.7 Å². The molecule has 0 heteroatoms. The maximum absolute atomic E-state index is 5.21. The molecular formula is C16H22. The van der Waals surface area contributed by atoms with Crippen LogP contribution >= 0.6 is 0 Å². The fourth-order valence-corrected chi connectivity index (χ4v) is 1.84. The number of hydrogen-bond donors (Lipinski definition) is 0. The molecule has 0 amide bonds. The van der Waals surface area contributed by atoms with Crippen molar-refractivity contribution in [2.75, 3.05) is 0 Å². The number of hydrogen-bond acceptors (Lipinski definition) is 0. The van der Waals surface area contributed by atoms with E-state index in [9.17, 15) is 0 Å². The van der Waals surface area contributed by atoms with Crippen LogP contribution in [0.15, 0.2) is 24.3 Å². The SMILES string of the molecule is C#CCCCCCCCc1ccc(C)cc1. The summed E-state index contributed by atoms with van der Waals surface area (Å²) in [7, 11) is 0. The lowest BCUT2D eigenvalue weighted by Crippen LogP contribution is -1.86. The molecule has 0 radical (unpaired) electrons. The quantitative estimate of drug-likeness (QED) is 0.462. The van der Waals surface area contributed by atoms with Gasteiger partial charge in [0.05, 0.1) is 0 Å². The second-order valence-corrected chi connectivity index (χ2v) is 4.46. The zero-order valence-electron chi connectivity index (χ0n) is 10.3. The normalized spacial score (nSPS) is 10.0. The van der Waals surface area contributed by atoms with Crippen molar-refractivity contribution >= 4 is 0 Å². The summed E-state index contributed by atoms with van der Waals surface area (Å²) >= 11 is 0. The summed E-state index contributed by atoms with van der Waals surface area (Å²) in [5.74, 6) is 2.69. The van der Waals surface area contributed by atoms with Gasteiger partial charge < -0.3 is 0 Å². The molecule has 0 spiro atoms. The highest BCUT2D eigenvalue weighted by Gasteiger charge is 1.93. The minimum Gasteiger partial charge on any atom is -0.120 e. The molecule has 0 bridgehead atoms. The molecule has 1 rings (SSSR count). The Morgan fingerprint density at radius 2 is 1.56 bits per heavy atom. The minimum absolute atomic E-state index is 0.942. The molecule has 0 unspecified atom stereocenters. The molecule has 0 aliphatic rings. The zero-order chi connectivity index (χ0) is 11.6. The smallest absolute Gasteiger partial charge is 0.00860 e. The maximum atomic E-state index is 5.21. The first-order valence-electron chi connectivity index (χ1n) is 6.32. The Hall–Kier alpha value is -1.22. The summed E-state index contributed by atoms with van der Waals surface area (Å²) in [4.78, 5) is 0. The molecule has 0 fully saturated rings. The minimum atomic E-state index is 0.942. The lowest BCUT2D eigenvalue weighted by Gasteiger charge is -2.02. The van der Waals surface area contributed by atoms with Crippen LogP contribution in [-0.4, -0.2) is 0 Å². The summed E-state index contributed by atoms with van der Waals surface area (Å²) < 4.78 is 0. The molecule has 1 aromatic rings. The average molecular weight is 214 g/mol. The maximum Gasteiger partial charge on any atom is 0.00860 e. The van der Waals surface area contributed by atoms with E-state index < -0.39 is 0 Å². The van der Waals surface area contributed by atoms with Crippen molar-refractivity contribution in [3.05, 3.63) is 35.4 Å². The van der Waals surface area contributed by atoms with Crippen LogP contribution < -0.4 is 0 Å². The molecule has 0 aromatic heterocycles. The van der Waals surface area contributed by atoms with Crippen molar-refractivity contribution in [1.82, 2.24) is 0 Å². The zero-order valence-corrected chi connectivity index (χ0v) is 10.3. The van der Waals surface area contributed by atoms with Gasteiger partial charge in [-0.15, -0.1) is 12.3 Å². The predicted octanol–water partition coefficient (Wildman–Crippen LogP) is 4.51. The van der Waals surface area contributed by atoms with Gasteiger partial charge in [0.25, 0.3) is 0 Å². The number of benzene rings is 1. The fourth-order valence-electron chi connectivity index (χ4n) is 1.84. The van der Waals surface area contributed by atoms with Crippen LogP contribution in [0.25, 0.3) is 0 Å². The van der Waals surface area contributed by atoms with E-state index in [2.05, 4.69) is 37.1 Å². The molecule has 0 atom stereocenters. The van der Waals surface area contributed by atoms with Gasteiger partial charge in [0.1, 0.15) is 0 Å². The third-order valence-corrected chi connectivity index (χ3v) is 2.91. The van der Waals surface area contributed by atoms with Gasteiger partial charge >= 0.3 is 0 Å². The first-order chi connectivity index (χ1) is 7.83. The van der Waals surface area contributed by atoms with Gasteiger partial charge in [0.2, 0.25) is 0 Å². The van der Waals surface area contributed by atoms with Crippen molar-refractivity contribution in [3.8, 4) is 12.3 Å². The van der Waals surface area contributed by atoms with Crippen LogP contribution in [0.5, 0.6) is 0 Å².